The number of hydrogen-bond donors (Lipinski definition) is 0. The van der Waals surface area contributed by atoms with Crippen LogP contribution in [-0.2, 0) is 0 Å². The topological polar surface area (TPSA) is 65.3 Å². The summed E-state index contributed by atoms with van der Waals surface area (Å²) in [6, 6.07) is 4.42. The highest BCUT2D eigenvalue weighted by Crippen LogP contribution is 2.38. The van der Waals surface area contributed by atoms with Gasteiger partial charge in [-0.2, -0.15) is 0 Å². The Labute approximate surface area is 129 Å². The molecule has 0 saturated heterocycles. The Kier molecular flexibility index (Phi) is 4.32. The minimum absolute atomic E-state index is 0.164. The van der Waals surface area contributed by atoms with E-state index in [4.69, 9.17) is 39.5 Å². The van der Waals surface area contributed by atoms with Gasteiger partial charge in [-0.15, -0.1) is 0 Å². The third-order valence-electron chi connectivity index (χ3n) is 2.54. The maximum Gasteiger partial charge on any atom is 0.288 e. The molecule has 0 N–H and O–H groups in total. The standard InChI is InChI=1S/C12H7Cl3N2O3/c1-20-12-8(4-7(5-16-12)17(18)19)6-2-9(13)11(15)10(14)3-6/h2-5H,1H3. The fraction of sp³-hybridized carbons (Fsp3) is 0.0833. The molecule has 8 heteroatoms. The summed E-state index contributed by atoms with van der Waals surface area (Å²) in [6.07, 6.45) is 1.11. The van der Waals surface area contributed by atoms with E-state index in [9.17, 15) is 10.1 Å². The van der Waals surface area contributed by atoms with E-state index in [2.05, 4.69) is 4.98 Å². The van der Waals surface area contributed by atoms with Crippen molar-refractivity contribution in [3.05, 3.63) is 49.6 Å². The second-order valence-electron chi connectivity index (χ2n) is 3.76. The summed E-state index contributed by atoms with van der Waals surface area (Å²) >= 11 is 17.8. The van der Waals surface area contributed by atoms with Crippen molar-refractivity contribution in [2.45, 2.75) is 0 Å². The van der Waals surface area contributed by atoms with Crippen LogP contribution in [0.5, 0.6) is 5.88 Å². The lowest BCUT2D eigenvalue weighted by Crippen LogP contribution is -1.95. The summed E-state index contributed by atoms with van der Waals surface area (Å²) in [4.78, 5) is 14.2. The van der Waals surface area contributed by atoms with Crippen molar-refractivity contribution in [3.63, 3.8) is 0 Å². The van der Waals surface area contributed by atoms with Gasteiger partial charge in [-0.1, -0.05) is 34.8 Å². The number of nitro groups is 1. The zero-order valence-corrected chi connectivity index (χ0v) is 12.3. The van der Waals surface area contributed by atoms with E-state index >= 15 is 0 Å². The second-order valence-corrected chi connectivity index (χ2v) is 4.95. The number of hydrogen-bond acceptors (Lipinski definition) is 4. The van der Waals surface area contributed by atoms with Crippen LogP contribution in [0.4, 0.5) is 5.69 Å². The molecule has 104 valence electrons. The van der Waals surface area contributed by atoms with Crippen molar-refractivity contribution in [2.24, 2.45) is 0 Å². The first kappa shape index (κ1) is 14.8. The molecule has 0 fully saturated rings. The molecular weight excluding hydrogens is 327 g/mol. The second kappa shape index (κ2) is 5.83. The van der Waals surface area contributed by atoms with Crippen molar-refractivity contribution in [2.75, 3.05) is 7.11 Å². The maximum absolute atomic E-state index is 10.8. The first-order valence-corrected chi connectivity index (χ1v) is 6.40. The molecule has 0 spiro atoms. The van der Waals surface area contributed by atoms with Crippen molar-refractivity contribution in [1.29, 1.82) is 0 Å². The van der Waals surface area contributed by atoms with E-state index in [0.717, 1.165) is 6.20 Å². The Hall–Kier alpha value is -1.56. The lowest BCUT2D eigenvalue weighted by Gasteiger charge is -2.09. The molecule has 1 aromatic carbocycles. The predicted molar refractivity (Wildman–Crippen MR) is 77.9 cm³/mol. The number of rotatable bonds is 3. The van der Waals surface area contributed by atoms with Crippen LogP contribution >= 0.6 is 34.8 Å². The summed E-state index contributed by atoms with van der Waals surface area (Å²) in [5.74, 6) is 0.227. The number of benzene rings is 1. The Bertz CT molecular complexity index is 669. The molecule has 1 aromatic heterocycles. The summed E-state index contributed by atoms with van der Waals surface area (Å²) in [6.45, 7) is 0. The number of pyridine rings is 1. The van der Waals surface area contributed by atoms with Crippen LogP contribution in [-0.4, -0.2) is 17.0 Å². The number of halogens is 3. The van der Waals surface area contributed by atoms with Gasteiger partial charge >= 0.3 is 0 Å². The van der Waals surface area contributed by atoms with Gasteiger partial charge in [0.2, 0.25) is 5.88 Å². The van der Waals surface area contributed by atoms with Crippen LogP contribution in [0.15, 0.2) is 24.4 Å². The molecule has 2 rings (SSSR count). The summed E-state index contributed by atoms with van der Waals surface area (Å²) in [7, 11) is 1.41. The van der Waals surface area contributed by atoms with Gasteiger partial charge < -0.3 is 4.74 Å². The number of nitrogens with zero attached hydrogens (tertiary/aromatic N) is 2. The average molecular weight is 334 g/mol. The summed E-state index contributed by atoms with van der Waals surface area (Å²) in [5.41, 5.74) is 0.766. The van der Waals surface area contributed by atoms with Gasteiger partial charge in [-0.05, 0) is 17.7 Å². The maximum atomic E-state index is 10.8. The Morgan fingerprint density at radius 1 is 1.20 bits per heavy atom. The van der Waals surface area contributed by atoms with E-state index in [1.807, 2.05) is 0 Å². The fourth-order valence-electron chi connectivity index (χ4n) is 1.62. The number of aromatic nitrogens is 1. The highest BCUT2D eigenvalue weighted by Gasteiger charge is 2.16. The quantitative estimate of drug-likeness (QED) is 0.467. The fourth-order valence-corrected chi connectivity index (χ4v) is 2.22. The van der Waals surface area contributed by atoms with E-state index in [-0.39, 0.29) is 26.6 Å². The van der Waals surface area contributed by atoms with Crippen LogP contribution in [0.1, 0.15) is 0 Å². The highest BCUT2D eigenvalue weighted by molar-refractivity contribution is 6.48. The van der Waals surface area contributed by atoms with Gasteiger partial charge in [0.1, 0.15) is 6.20 Å². The zero-order valence-electron chi connectivity index (χ0n) is 10.1. The van der Waals surface area contributed by atoms with Crippen molar-refractivity contribution < 1.29 is 9.66 Å². The first-order chi connectivity index (χ1) is 9.43. The molecule has 0 radical (unpaired) electrons. The van der Waals surface area contributed by atoms with Gasteiger partial charge in [0.15, 0.2) is 0 Å². The van der Waals surface area contributed by atoms with Crippen molar-refractivity contribution >= 4 is 40.5 Å². The molecule has 0 bridgehead atoms. The van der Waals surface area contributed by atoms with Gasteiger partial charge in [-0.25, -0.2) is 4.98 Å². The van der Waals surface area contributed by atoms with E-state index < -0.39 is 4.92 Å². The molecule has 0 amide bonds. The Morgan fingerprint density at radius 2 is 1.80 bits per heavy atom. The molecule has 0 atom stereocenters. The monoisotopic (exact) mass is 332 g/mol. The summed E-state index contributed by atoms with van der Waals surface area (Å²) in [5, 5.41) is 11.5. The van der Waals surface area contributed by atoms with Crippen molar-refractivity contribution in [1.82, 2.24) is 4.98 Å². The zero-order chi connectivity index (χ0) is 14.9. The molecule has 0 unspecified atom stereocenters. The largest absolute Gasteiger partial charge is 0.481 e. The van der Waals surface area contributed by atoms with Crippen LogP contribution < -0.4 is 4.74 Å². The molecule has 2 aromatic rings. The van der Waals surface area contributed by atoms with Gasteiger partial charge in [0.05, 0.1) is 32.7 Å². The average Bonchev–Trinajstić information content (AvgIpc) is 2.43. The van der Waals surface area contributed by atoms with E-state index in [1.54, 1.807) is 12.1 Å². The molecule has 0 aliphatic rings. The van der Waals surface area contributed by atoms with Crippen LogP contribution in [0.3, 0.4) is 0 Å². The molecule has 1 heterocycles. The van der Waals surface area contributed by atoms with Crippen molar-refractivity contribution in [3.8, 4) is 17.0 Å². The molecule has 0 saturated carbocycles. The van der Waals surface area contributed by atoms with Crippen LogP contribution in [0.2, 0.25) is 15.1 Å². The predicted octanol–water partition coefficient (Wildman–Crippen LogP) is 4.63. The van der Waals surface area contributed by atoms with Crippen LogP contribution in [0, 0.1) is 10.1 Å². The first-order valence-electron chi connectivity index (χ1n) is 5.27. The molecular formula is C12H7Cl3N2O3. The van der Waals surface area contributed by atoms with Crippen LogP contribution in [0.25, 0.3) is 11.1 Å². The Morgan fingerprint density at radius 3 is 2.30 bits per heavy atom. The van der Waals surface area contributed by atoms with E-state index in [0.29, 0.717) is 11.1 Å². The molecule has 5 nitrogen and oxygen atoms in total. The minimum atomic E-state index is -0.547. The Balaban J connectivity index is 2.67. The third kappa shape index (κ3) is 2.80. The van der Waals surface area contributed by atoms with Gasteiger partial charge in [0, 0.05) is 6.07 Å². The molecule has 0 aliphatic carbocycles. The van der Waals surface area contributed by atoms with Gasteiger partial charge in [-0.3, -0.25) is 10.1 Å². The smallest absolute Gasteiger partial charge is 0.288 e. The lowest BCUT2D eigenvalue weighted by molar-refractivity contribution is -0.385. The van der Waals surface area contributed by atoms with E-state index in [1.165, 1.54) is 13.2 Å². The molecule has 20 heavy (non-hydrogen) atoms. The normalized spacial score (nSPS) is 10.4. The molecule has 0 aliphatic heterocycles. The third-order valence-corrected chi connectivity index (χ3v) is 3.73. The summed E-state index contributed by atoms with van der Waals surface area (Å²) < 4.78 is 5.09. The highest BCUT2D eigenvalue weighted by atomic mass is 35.5. The minimum Gasteiger partial charge on any atom is -0.481 e. The number of ether oxygens (including phenoxy) is 1. The number of methoxy groups -OCH3 is 1. The SMILES string of the molecule is COc1ncc([N+](=O)[O-])cc1-c1cc(Cl)c(Cl)c(Cl)c1. The van der Waals surface area contributed by atoms with Gasteiger partial charge in [0.25, 0.3) is 5.69 Å². The lowest BCUT2D eigenvalue weighted by atomic mass is 10.1.